The molecule has 0 fully saturated rings. The van der Waals surface area contributed by atoms with Gasteiger partial charge in [0.2, 0.25) is 10.0 Å². The monoisotopic (exact) mass is 260 g/mol. The van der Waals surface area contributed by atoms with Crippen molar-refractivity contribution in [1.29, 1.82) is 0 Å². The standard InChI is InChI=1S/C13H12N2O2S/c16-18(17)12-9-5-4-8-11(12)14-13(15-18)10-6-2-1-3-7-10/h1-9,13-15H/t13-/m0/s1. The number of rotatable bonds is 1. The van der Waals surface area contributed by atoms with E-state index < -0.39 is 16.2 Å². The van der Waals surface area contributed by atoms with Crippen LogP contribution in [0.15, 0.2) is 59.5 Å². The number of nitrogens with one attached hydrogen (secondary N) is 2. The van der Waals surface area contributed by atoms with Gasteiger partial charge in [0.25, 0.3) is 0 Å². The van der Waals surface area contributed by atoms with Crippen LogP contribution in [-0.4, -0.2) is 8.42 Å². The highest BCUT2D eigenvalue weighted by atomic mass is 32.2. The topological polar surface area (TPSA) is 58.2 Å². The van der Waals surface area contributed by atoms with Crippen molar-refractivity contribution in [2.75, 3.05) is 5.32 Å². The van der Waals surface area contributed by atoms with Crippen molar-refractivity contribution in [2.24, 2.45) is 0 Å². The molecule has 2 aromatic carbocycles. The lowest BCUT2D eigenvalue weighted by Crippen LogP contribution is -2.38. The summed E-state index contributed by atoms with van der Waals surface area (Å²) in [6.45, 7) is 0. The summed E-state index contributed by atoms with van der Waals surface area (Å²) in [6.07, 6.45) is -0.425. The number of hydrogen-bond donors (Lipinski definition) is 2. The maximum Gasteiger partial charge on any atom is 0.244 e. The Morgan fingerprint density at radius 3 is 2.33 bits per heavy atom. The van der Waals surface area contributed by atoms with E-state index in [1.165, 1.54) is 0 Å². The summed E-state index contributed by atoms with van der Waals surface area (Å²) in [6, 6.07) is 16.3. The van der Waals surface area contributed by atoms with E-state index in [2.05, 4.69) is 10.0 Å². The molecule has 5 heteroatoms. The number of sulfonamides is 1. The molecular formula is C13H12N2O2S. The highest BCUT2D eigenvalue weighted by Crippen LogP contribution is 2.30. The lowest BCUT2D eigenvalue weighted by Gasteiger charge is -2.28. The molecule has 0 aromatic heterocycles. The van der Waals surface area contributed by atoms with Crippen LogP contribution < -0.4 is 10.0 Å². The van der Waals surface area contributed by atoms with Crippen molar-refractivity contribution in [3.63, 3.8) is 0 Å². The van der Waals surface area contributed by atoms with Crippen molar-refractivity contribution in [1.82, 2.24) is 4.72 Å². The van der Waals surface area contributed by atoms with Gasteiger partial charge in [-0.25, -0.2) is 8.42 Å². The van der Waals surface area contributed by atoms with Gasteiger partial charge in [-0.1, -0.05) is 42.5 Å². The fourth-order valence-corrected chi connectivity index (χ4v) is 3.33. The van der Waals surface area contributed by atoms with Gasteiger partial charge in [0.1, 0.15) is 11.1 Å². The zero-order valence-corrected chi connectivity index (χ0v) is 10.3. The van der Waals surface area contributed by atoms with Crippen molar-refractivity contribution < 1.29 is 8.42 Å². The van der Waals surface area contributed by atoms with E-state index in [-0.39, 0.29) is 4.90 Å². The molecule has 0 bridgehead atoms. The second-order valence-corrected chi connectivity index (χ2v) is 5.79. The highest BCUT2D eigenvalue weighted by Gasteiger charge is 2.29. The molecular weight excluding hydrogens is 248 g/mol. The molecule has 0 radical (unpaired) electrons. The zero-order chi connectivity index (χ0) is 12.6. The van der Waals surface area contributed by atoms with E-state index >= 15 is 0 Å². The Morgan fingerprint density at radius 2 is 1.56 bits per heavy atom. The third-order valence-corrected chi connectivity index (χ3v) is 4.36. The van der Waals surface area contributed by atoms with Crippen LogP contribution in [0.1, 0.15) is 11.7 Å². The molecule has 0 saturated heterocycles. The minimum absolute atomic E-state index is 0.289. The summed E-state index contributed by atoms with van der Waals surface area (Å²) in [7, 11) is -3.45. The minimum atomic E-state index is -3.45. The molecule has 0 unspecified atom stereocenters. The summed E-state index contributed by atoms with van der Waals surface area (Å²) in [5, 5.41) is 3.18. The van der Waals surface area contributed by atoms with Gasteiger partial charge in [0.05, 0.1) is 5.69 Å². The summed E-state index contributed by atoms with van der Waals surface area (Å²) < 4.78 is 26.8. The normalized spacial score (nSPS) is 20.8. The van der Waals surface area contributed by atoms with Crippen LogP contribution in [0.3, 0.4) is 0 Å². The molecule has 3 rings (SSSR count). The van der Waals surface area contributed by atoms with Gasteiger partial charge >= 0.3 is 0 Å². The fourth-order valence-electron chi connectivity index (χ4n) is 2.02. The van der Waals surface area contributed by atoms with Gasteiger partial charge < -0.3 is 5.32 Å². The largest absolute Gasteiger partial charge is 0.364 e. The Bertz CT molecular complexity index is 668. The van der Waals surface area contributed by atoms with E-state index in [9.17, 15) is 8.42 Å². The second-order valence-electron chi connectivity index (χ2n) is 4.11. The fraction of sp³-hybridized carbons (Fsp3) is 0.0769. The van der Waals surface area contributed by atoms with Crippen molar-refractivity contribution >= 4 is 15.7 Å². The maximum atomic E-state index is 12.1. The molecule has 0 saturated carbocycles. The van der Waals surface area contributed by atoms with Gasteiger partial charge in [0.15, 0.2) is 0 Å². The number of benzene rings is 2. The Labute approximate surface area is 106 Å². The molecule has 92 valence electrons. The summed E-state index contributed by atoms with van der Waals surface area (Å²) in [4.78, 5) is 0.289. The van der Waals surface area contributed by atoms with E-state index in [0.29, 0.717) is 5.69 Å². The van der Waals surface area contributed by atoms with Gasteiger partial charge in [-0.05, 0) is 17.7 Å². The van der Waals surface area contributed by atoms with Gasteiger partial charge in [-0.2, -0.15) is 4.72 Å². The number of hydrogen-bond acceptors (Lipinski definition) is 3. The van der Waals surface area contributed by atoms with Crippen LogP contribution in [0.2, 0.25) is 0 Å². The molecule has 0 amide bonds. The average Bonchev–Trinajstić information content (AvgIpc) is 2.39. The predicted molar refractivity (Wildman–Crippen MR) is 69.6 cm³/mol. The van der Waals surface area contributed by atoms with Crippen LogP contribution in [0, 0.1) is 0 Å². The first kappa shape index (κ1) is 11.3. The molecule has 1 heterocycles. The molecule has 2 aromatic rings. The highest BCUT2D eigenvalue weighted by molar-refractivity contribution is 7.89. The Balaban J connectivity index is 2.06. The predicted octanol–water partition coefficient (Wildman–Crippen LogP) is 2.09. The van der Waals surface area contributed by atoms with Crippen LogP contribution in [0.4, 0.5) is 5.69 Å². The third kappa shape index (κ3) is 1.87. The zero-order valence-electron chi connectivity index (χ0n) is 9.50. The van der Waals surface area contributed by atoms with Gasteiger partial charge in [-0.3, -0.25) is 0 Å². The summed E-state index contributed by atoms with van der Waals surface area (Å²) in [5.41, 5.74) is 1.51. The van der Waals surface area contributed by atoms with Crippen molar-refractivity contribution in [3.05, 3.63) is 60.2 Å². The maximum absolute atomic E-state index is 12.1. The van der Waals surface area contributed by atoms with Crippen LogP contribution in [0.25, 0.3) is 0 Å². The Hall–Kier alpha value is -1.85. The first-order chi connectivity index (χ1) is 8.67. The van der Waals surface area contributed by atoms with E-state index in [0.717, 1.165) is 5.56 Å². The summed E-state index contributed by atoms with van der Waals surface area (Å²) >= 11 is 0. The van der Waals surface area contributed by atoms with E-state index in [1.54, 1.807) is 18.2 Å². The molecule has 0 aliphatic carbocycles. The third-order valence-electron chi connectivity index (χ3n) is 2.88. The smallest absolute Gasteiger partial charge is 0.244 e. The van der Waals surface area contributed by atoms with Crippen LogP contribution in [0.5, 0.6) is 0 Å². The van der Waals surface area contributed by atoms with Crippen molar-refractivity contribution in [2.45, 2.75) is 11.1 Å². The van der Waals surface area contributed by atoms with E-state index in [1.807, 2.05) is 36.4 Å². The first-order valence-corrected chi connectivity index (χ1v) is 7.08. The molecule has 18 heavy (non-hydrogen) atoms. The van der Waals surface area contributed by atoms with Crippen molar-refractivity contribution in [3.8, 4) is 0 Å². The molecule has 0 spiro atoms. The SMILES string of the molecule is O=S1(=O)N[C@@H](c2ccccc2)Nc2ccccc21. The first-order valence-electron chi connectivity index (χ1n) is 5.60. The number of para-hydroxylation sites is 1. The molecule has 2 N–H and O–H groups in total. The lowest BCUT2D eigenvalue weighted by molar-refractivity contribution is 0.562. The lowest BCUT2D eigenvalue weighted by atomic mass is 10.1. The quantitative estimate of drug-likeness (QED) is 0.825. The number of anilines is 1. The number of fused-ring (bicyclic) bond motifs is 1. The molecule has 1 aliphatic rings. The Morgan fingerprint density at radius 1 is 0.889 bits per heavy atom. The van der Waals surface area contributed by atoms with Gasteiger partial charge in [-0.15, -0.1) is 0 Å². The summed E-state index contributed by atoms with van der Waals surface area (Å²) in [5.74, 6) is 0. The minimum Gasteiger partial charge on any atom is -0.364 e. The molecule has 1 aliphatic heterocycles. The second kappa shape index (κ2) is 4.12. The van der Waals surface area contributed by atoms with Gasteiger partial charge in [0, 0.05) is 0 Å². The van der Waals surface area contributed by atoms with E-state index in [4.69, 9.17) is 0 Å². The molecule has 4 nitrogen and oxygen atoms in total. The average molecular weight is 260 g/mol. The molecule has 1 atom stereocenters. The Kier molecular flexibility index (Phi) is 2.57. The van der Waals surface area contributed by atoms with Crippen LogP contribution >= 0.6 is 0 Å². The van der Waals surface area contributed by atoms with Crippen LogP contribution in [-0.2, 0) is 10.0 Å².